The van der Waals surface area contributed by atoms with Gasteiger partial charge in [0, 0.05) is 0 Å². The molecule has 0 aromatic heterocycles. The van der Waals surface area contributed by atoms with Gasteiger partial charge in [-0.15, -0.1) is 0 Å². The van der Waals surface area contributed by atoms with Crippen LogP contribution in [-0.4, -0.2) is 0 Å². The number of allylic oxidation sites excluding steroid dienone is 2. The third-order valence-corrected chi connectivity index (χ3v) is 7.68. The Bertz CT molecular complexity index is 724. The predicted molar refractivity (Wildman–Crippen MR) is 124 cm³/mol. The molecule has 170 valence electrons. The van der Waals surface area contributed by atoms with Crippen LogP contribution in [0.3, 0.4) is 0 Å². The van der Waals surface area contributed by atoms with Gasteiger partial charge in [0.2, 0.25) is 0 Å². The molecule has 0 heterocycles. The molecule has 1 aromatic carbocycles. The van der Waals surface area contributed by atoms with Gasteiger partial charge in [-0.1, -0.05) is 57.6 Å². The maximum absolute atomic E-state index is 13.9. The van der Waals surface area contributed by atoms with Crippen molar-refractivity contribution in [3.8, 4) is 6.07 Å². The van der Waals surface area contributed by atoms with Gasteiger partial charge in [0.15, 0.2) is 0 Å². The summed E-state index contributed by atoms with van der Waals surface area (Å²) in [5.74, 6) is 1.05. The molecule has 2 fully saturated rings. The Hall–Kier alpha value is -1.69. The summed E-state index contributed by atoms with van der Waals surface area (Å²) >= 11 is 0. The standard InChI is InChI=1S/C28H39F2N/c1-2-3-4-5-6-7-21-8-10-22(11-9-21)12-13-23-14-16-24(17-15-23)25-18-27(29)26(20-31)28(30)19-25/h12-13,18-19,21-24H,2-11,14-17H2,1H3/b13-12+. The van der Waals surface area contributed by atoms with Crippen molar-refractivity contribution in [1.82, 2.24) is 0 Å². The normalized spacial score (nSPS) is 26.8. The van der Waals surface area contributed by atoms with Crippen LogP contribution in [0.4, 0.5) is 8.78 Å². The Morgan fingerprint density at radius 3 is 1.94 bits per heavy atom. The first-order valence-electron chi connectivity index (χ1n) is 12.7. The molecule has 2 aliphatic rings. The van der Waals surface area contributed by atoms with Gasteiger partial charge >= 0.3 is 0 Å². The molecule has 0 atom stereocenters. The number of nitrogens with zero attached hydrogens (tertiary/aromatic N) is 1. The van der Waals surface area contributed by atoms with Crippen LogP contribution in [0.25, 0.3) is 0 Å². The van der Waals surface area contributed by atoms with Crippen molar-refractivity contribution in [3.63, 3.8) is 0 Å². The Labute approximate surface area is 187 Å². The highest BCUT2D eigenvalue weighted by molar-refractivity contribution is 5.36. The molecule has 1 aromatic rings. The second-order valence-electron chi connectivity index (χ2n) is 9.95. The first-order chi connectivity index (χ1) is 15.1. The Morgan fingerprint density at radius 2 is 1.39 bits per heavy atom. The van der Waals surface area contributed by atoms with Crippen molar-refractivity contribution in [1.29, 1.82) is 5.26 Å². The Balaban J connectivity index is 1.37. The molecular formula is C28H39F2N. The van der Waals surface area contributed by atoms with E-state index in [1.807, 2.05) is 0 Å². The van der Waals surface area contributed by atoms with Crippen molar-refractivity contribution in [2.75, 3.05) is 0 Å². The molecule has 0 spiro atoms. The van der Waals surface area contributed by atoms with E-state index in [4.69, 9.17) is 5.26 Å². The first-order valence-corrected chi connectivity index (χ1v) is 12.7. The molecule has 3 heteroatoms. The van der Waals surface area contributed by atoms with E-state index in [-0.39, 0.29) is 5.92 Å². The number of hydrogen-bond donors (Lipinski definition) is 0. The lowest BCUT2D eigenvalue weighted by atomic mass is 9.76. The average Bonchev–Trinajstić information content (AvgIpc) is 2.78. The van der Waals surface area contributed by atoms with Gasteiger partial charge in [0.1, 0.15) is 23.3 Å². The van der Waals surface area contributed by atoms with Crippen molar-refractivity contribution < 1.29 is 8.78 Å². The zero-order chi connectivity index (χ0) is 22.1. The summed E-state index contributed by atoms with van der Waals surface area (Å²) < 4.78 is 27.9. The summed E-state index contributed by atoms with van der Waals surface area (Å²) in [6.07, 6.45) is 22.9. The summed E-state index contributed by atoms with van der Waals surface area (Å²) in [7, 11) is 0. The van der Waals surface area contributed by atoms with Gasteiger partial charge < -0.3 is 0 Å². The van der Waals surface area contributed by atoms with Crippen LogP contribution in [0.5, 0.6) is 0 Å². The summed E-state index contributed by atoms with van der Waals surface area (Å²) in [6, 6.07) is 4.34. The maximum Gasteiger partial charge on any atom is 0.144 e. The molecule has 0 N–H and O–H groups in total. The lowest BCUT2D eigenvalue weighted by Crippen LogP contribution is -2.15. The second-order valence-corrected chi connectivity index (χ2v) is 9.95. The smallest absolute Gasteiger partial charge is 0.144 e. The van der Waals surface area contributed by atoms with Crippen LogP contribution >= 0.6 is 0 Å². The summed E-state index contributed by atoms with van der Waals surface area (Å²) in [5.41, 5.74) is 0.246. The van der Waals surface area contributed by atoms with Crippen LogP contribution < -0.4 is 0 Å². The highest BCUT2D eigenvalue weighted by Crippen LogP contribution is 2.38. The SMILES string of the molecule is CCCCCCCC1CCC(/C=C/C2CCC(c3cc(F)c(C#N)c(F)c3)CC2)CC1. The van der Waals surface area contributed by atoms with E-state index < -0.39 is 17.2 Å². The number of unbranched alkanes of at least 4 members (excludes halogenated alkanes) is 4. The lowest BCUT2D eigenvalue weighted by Gasteiger charge is -2.29. The van der Waals surface area contributed by atoms with E-state index in [9.17, 15) is 8.78 Å². The summed E-state index contributed by atoms with van der Waals surface area (Å²) in [5, 5.41) is 8.84. The molecule has 0 radical (unpaired) electrons. The van der Waals surface area contributed by atoms with Gasteiger partial charge in [0.25, 0.3) is 0 Å². The van der Waals surface area contributed by atoms with Crippen molar-refractivity contribution >= 4 is 0 Å². The first kappa shape index (κ1) is 24.0. The monoisotopic (exact) mass is 427 g/mol. The fourth-order valence-corrected chi connectivity index (χ4v) is 5.60. The third-order valence-electron chi connectivity index (χ3n) is 7.68. The predicted octanol–water partition coefficient (Wildman–Crippen LogP) is 8.83. The van der Waals surface area contributed by atoms with Crippen LogP contribution in [0.15, 0.2) is 24.3 Å². The number of halogens is 2. The van der Waals surface area contributed by atoms with E-state index in [1.165, 1.54) is 76.3 Å². The fourth-order valence-electron chi connectivity index (χ4n) is 5.60. The van der Waals surface area contributed by atoms with Crippen LogP contribution in [0, 0.1) is 40.7 Å². The van der Waals surface area contributed by atoms with Crippen LogP contribution in [0.1, 0.15) is 114 Å². The Morgan fingerprint density at radius 1 is 0.839 bits per heavy atom. The van der Waals surface area contributed by atoms with Gasteiger partial charge in [-0.3, -0.25) is 0 Å². The van der Waals surface area contributed by atoms with E-state index in [1.54, 1.807) is 6.07 Å². The summed E-state index contributed by atoms with van der Waals surface area (Å²) in [6.45, 7) is 2.28. The molecule has 31 heavy (non-hydrogen) atoms. The molecule has 0 unspecified atom stereocenters. The van der Waals surface area contributed by atoms with E-state index in [0.29, 0.717) is 11.5 Å². The minimum absolute atomic E-state index is 0.203. The van der Waals surface area contributed by atoms with Crippen molar-refractivity contribution in [2.24, 2.45) is 17.8 Å². The van der Waals surface area contributed by atoms with Crippen LogP contribution in [0.2, 0.25) is 0 Å². The minimum Gasteiger partial charge on any atom is -0.205 e. The zero-order valence-corrected chi connectivity index (χ0v) is 19.2. The van der Waals surface area contributed by atoms with Crippen molar-refractivity contribution in [3.05, 3.63) is 47.0 Å². The number of rotatable bonds is 9. The molecule has 2 aliphatic carbocycles. The molecule has 1 nitrogen and oxygen atoms in total. The largest absolute Gasteiger partial charge is 0.205 e. The van der Waals surface area contributed by atoms with Gasteiger partial charge in [0.05, 0.1) is 0 Å². The topological polar surface area (TPSA) is 23.8 Å². The summed E-state index contributed by atoms with van der Waals surface area (Å²) in [4.78, 5) is 0. The molecule has 0 amide bonds. The van der Waals surface area contributed by atoms with Crippen LogP contribution in [-0.2, 0) is 0 Å². The Kier molecular flexibility index (Phi) is 9.56. The van der Waals surface area contributed by atoms with Crippen molar-refractivity contribution in [2.45, 2.75) is 103 Å². The third kappa shape index (κ3) is 7.16. The van der Waals surface area contributed by atoms with Gasteiger partial charge in [-0.25, -0.2) is 8.78 Å². The number of nitriles is 1. The highest BCUT2D eigenvalue weighted by atomic mass is 19.1. The molecule has 3 rings (SSSR count). The minimum atomic E-state index is -0.726. The zero-order valence-electron chi connectivity index (χ0n) is 19.2. The molecule has 2 saturated carbocycles. The number of hydrogen-bond acceptors (Lipinski definition) is 1. The van der Waals surface area contributed by atoms with Gasteiger partial charge in [-0.2, -0.15) is 5.26 Å². The fraction of sp³-hybridized carbons (Fsp3) is 0.679. The molecular weight excluding hydrogens is 388 g/mol. The average molecular weight is 428 g/mol. The quantitative estimate of drug-likeness (QED) is 0.285. The second kappa shape index (κ2) is 12.4. The van der Waals surface area contributed by atoms with Gasteiger partial charge in [-0.05, 0) is 92.7 Å². The number of benzene rings is 1. The van der Waals surface area contributed by atoms with E-state index in [0.717, 1.165) is 37.5 Å². The van der Waals surface area contributed by atoms with E-state index >= 15 is 0 Å². The lowest BCUT2D eigenvalue weighted by molar-refractivity contribution is 0.287. The molecule has 0 aliphatic heterocycles. The maximum atomic E-state index is 13.9. The van der Waals surface area contributed by atoms with E-state index in [2.05, 4.69) is 19.1 Å². The molecule has 0 bridgehead atoms. The molecule has 0 saturated heterocycles. The highest BCUT2D eigenvalue weighted by Gasteiger charge is 2.24.